The van der Waals surface area contributed by atoms with Gasteiger partial charge in [-0.1, -0.05) is 36.0 Å². The van der Waals surface area contributed by atoms with E-state index >= 15 is 0 Å². The molecule has 33 heavy (non-hydrogen) atoms. The first-order valence-electron chi connectivity index (χ1n) is 10.1. The van der Waals surface area contributed by atoms with Crippen LogP contribution in [0.1, 0.15) is 5.56 Å². The molecule has 0 atom stereocenters. The minimum atomic E-state index is -0.720. The molecular weight excluding hydrogens is 440 g/mol. The van der Waals surface area contributed by atoms with Crippen molar-refractivity contribution in [2.45, 2.75) is 16.3 Å². The van der Waals surface area contributed by atoms with E-state index in [1.54, 1.807) is 78.7 Å². The predicted octanol–water partition coefficient (Wildman–Crippen LogP) is 4.42. The van der Waals surface area contributed by atoms with E-state index in [0.29, 0.717) is 21.5 Å². The van der Waals surface area contributed by atoms with E-state index < -0.39 is 16.9 Å². The minimum Gasteiger partial charge on any atom is -0.505 e. The molecule has 5 aromatic rings. The summed E-state index contributed by atoms with van der Waals surface area (Å²) in [6.07, 6.45) is 3.34. The maximum Gasteiger partial charge on any atom is 0.354 e. The van der Waals surface area contributed by atoms with Gasteiger partial charge in [0, 0.05) is 22.7 Å². The number of fused-ring (bicyclic) bond motifs is 3. The smallest absolute Gasteiger partial charge is 0.354 e. The summed E-state index contributed by atoms with van der Waals surface area (Å²) in [5.41, 5.74) is 0.306. The first kappa shape index (κ1) is 20.8. The van der Waals surface area contributed by atoms with Crippen LogP contribution in [0.15, 0.2) is 96.9 Å². The molecule has 1 N–H and O–H groups in total. The Hall–Kier alpha value is -4.04. The summed E-state index contributed by atoms with van der Waals surface area (Å²) in [7, 11) is 1.54. The summed E-state index contributed by atoms with van der Waals surface area (Å²) in [5.74, 6) is 0.208. The van der Waals surface area contributed by atoms with Gasteiger partial charge in [0.15, 0.2) is 11.3 Å². The fourth-order valence-electron chi connectivity index (χ4n) is 3.74. The van der Waals surface area contributed by atoms with Gasteiger partial charge in [0.25, 0.3) is 5.56 Å². The third-order valence-corrected chi connectivity index (χ3v) is 6.34. The Kier molecular flexibility index (Phi) is 5.35. The van der Waals surface area contributed by atoms with E-state index in [4.69, 9.17) is 9.15 Å². The number of hydrogen-bond acceptors (Lipinski definition) is 7. The first-order chi connectivity index (χ1) is 16.1. The largest absolute Gasteiger partial charge is 0.505 e. The van der Waals surface area contributed by atoms with E-state index in [0.717, 1.165) is 17.3 Å². The van der Waals surface area contributed by atoms with Crippen molar-refractivity contribution in [1.29, 1.82) is 0 Å². The Labute approximate surface area is 191 Å². The lowest BCUT2D eigenvalue weighted by atomic mass is 10.1. The summed E-state index contributed by atoms with van der Waals surface area (Å²) in [6.45, 7) is 0.250. The number of ether oxygens (including phenoxy) is 1. The monoisotopic (exact) mass is 458 g/mol. The van der Waals surface area contributed by atoms with Gasteiger partial charge in [-0.3, -0.25) is 9.78 Å². The summed E-state index contributed by atoms with van der Waals surface area (Å²) < 4.78 is 12.4. The molecule has 0 aliphatic heterocycles. The second kappa shape index (κ2) is 8.48. The van der Waals surface area contributed by atoms with E-state index in [2.05, 4.69) is 4.98 Å². The van der Waals surface area contributed by atoms with Crippen LogP contribution in [-0.2, 0) is 6.54 Å². The molecule has 5 rings (SSSR count). The number of rotatable bonds is 5. The third-order valence-electron chi connectivity index (χ3n) is 5.28. The number of para-hydroxylation sites is 1. The lowest BCUT2D eigenvalue weighted by Crippen LogP contribution is -2.22. The number of aromatic nitrogens is 2. The Morgan fingerprint density at radius 1 is 1.09 bits per heavy atom. The van der Waals surface area contributed by atoms with Crippen LogP contribution in [0.3, 0.4) is 0 Å². The van der Waals surface area contributed by atoms with Crippen LogP contribution in [0.4, 0.5) is 0 Å². The normalized spacial score (nSPS) is 11.2. The molecule has 2 aromatic carbocycles. The van der Waals surface area contributed by atoms with Crippen LogP contribution in [0, 0.1) is 0 Å². The number of methoxy groups -OCH3 is 1. The number of hydrogen-bond donors (Lipinski definition) is 1. The zero-order chi connectivity index (χ0) is 22.9. The average molecular weight is 458 g/mol. The Balaban J connectivity index is 1.76. The van der Waals surface area contributed by atoms with Crippen LogP contribution in [0.5, 0.6) is 11.5 Å². The third kappa shape index (κ3) is 3.74. The summed E-state index contributed by atoms with van der Waals surface area (Å²) in [5, 5.41) is 11.6. The highest BCUT2D eigenvalue weighted by Crippen LogP contribution is 2.37. The summed E-state index contributed by atoms with van der Waals surface area (Å²) in [6, 6.07) is 17.8. The molecule has 0 unspecified atom stereocenters. The van der Waals surface area contributed by atoms with Gasteiger partial charge in [-0.05, 0) is 42.0 Å². The predicted molar refractivity (Wildman–Crippen MR) is 126 cm³/mol. The zero-order valence-corrected chi connectivity index (χ0v) is 18.3. The summed E-state index contributed by atoms with van der Waals surface area (Å²) >= 11 is 1.01. The standard InChI is InChI=1S/C25H18N2O5S/c1-31-16-7-4-8-17(12-16)33-23-21(28)20-22(32-25(23)30)18-9-2-3-10-19(18)27(24(20)29)14-15-6-5-11-26-13-15/h2-13,28H,14H2,1H3. The van der Waals surface area contributed by atoms with Crippen LogP contribution >= 0.6 is 11.8 Å². The molecule has 0 bridgehead atoms. The molecule has 0 amide bonds. The lowest BCUT2D eigenvalue weighted by Gasteiger charge is -2.14. The molecule has 0 aliphatic carbocycles. The summed E-state index contributed by atoms with van der Waals surface area (Å²) in [4.78, 5) is 31.1. The topological polar surface area (TPSA) is 94.6 Å². The maximum absolute atomic E-state index is 13.6. The molecule has 0 saturated carbocycles. The fourth-order valence-corrected chi connectivity index (χ4v) is 4.63. The highest BCUT2D eigenvalue weighted by molar-refractivity contribution is 7.99. The molecule has 3 heterocycles. The molecule has 7 nitrogen and oxygen atoms in total. The zero-order valence-electron chi connectivity index (χ0n) is 17.5. The van der Waals surface area contributed by atoms with Crippen LogP contribution in [0.2, 0.25) is 0 Å². The molecule has 0 aliphatic rings. The van der Waals surface area contributed by atoms with Crippen molar-refractivity contribution in [2.24, 2.45) is 0 Å². The van der Waals surface area contributed by atoms with E-state index in [1.165, 1.54) is 0 Å². The van der Waals surface area contributed by atoms with Gasteiger partial charge in [-0.2, -0.15) is 0 Å². The molecule has 164 valence electrons. The molecule has 0 fully saturated rings. The number of pyridine rings is 2. The molecule has 0 spiro atoms. The van der Waals surface area contributed by atoms with E-state index in [1.807, 2.05) is 6.07 Å². The molecular formula is C25H18N2O5S. The van der Waals surface area contributed by atoms with Gasteiger partial charge in [0.2, 0.25) is 0 Å². The first-order valence-corrected chi connectivity index (χ1v) is 10.9. The average Bonchev–Trinajstić information content (AvgIpc) is 2.85. The Morgan fingerprint density at radius 3 is 2.73 bits per heavy atom. The van der Waals surface area contributed by atoms with Crippen molar-refractivity contribution in [3.63, 3.8) is 0 Å². The lowest BCUT2D eigenvalue weighted by molar-refractivity contribution is 0.413. The fraction of sp³-hybridized carbons (Fsp3) is 0.0800. The SMILES string of the molecule is COc1cccc(Sc2c(O)c3c(=O)n(Cc4cccnc4)c4ccccc4c3oc2=O)c1. The maximum atomic E-state index is 13.6. The minimum absolute atomic E-state index is 0.0393. The molecule has 0 radical (unpaired) electrons. The highest BCUT2D eigenvalue weighted by Gasteiger charge is 2.22. The quantitative estimate of drug-likeness (QED) is 0.390. The van der Waals surface area contributed by atoms with Crippen molar-refractivity contribution >= 4 is 33.6 Å². The van der Waals surface area contributed by atoms with Crippen molar-refractivity contribution in [3.05, 3.63) is 99.4 Å². The van der Waals surface area contributed by atoms with Gasteiger partial charge in [-0.25, -0.2) is 4.79 Å². The van der Waals surface area contributed by atoms with Gasteiger partial charge < -0.3 is 18.8 Å². The number of nitrogens with zero attached hydrogens (tertiary/aromatic N) is 2. The number of benzene rings is 2. The van der Waals surface area contributed by atoms with Crippen molar-refractivity contribution < 1.29 is 14.3 Å². The van der Waals surface area contributed by atoms with Crippen LogP contribution in [0.25, 0.3) is 21.9 Å². The highest BCUT2D eigenvalue weighted by atomic mass is 32.2. The van der Waals surface area contributed by atoms with Crippen molar-refractivity contribution in [3.8, 4) is 11.5 Å². The Morgan fingerprint density at radius 2 is 1.94 bits per heavy atom. The second-order valence-corrected chi connectivity index (χ2v) is 8.41. The van der Waals surface area contributed by atoms with E-state index in [-0.39, 0.29) is 22.4 Å². The van der Waals surface area contributed by atoms with E-state index in [9.17, 15) is 14.7 Å². The van der Waals surface area contributed by atoms with Gasteiger partial charge in [0.1, 0.15) is 16.0 Å². The molecule has 3 aromatic heterocycles. The van der Waals surface area contributed by atoms with Crippen LogP contribution < -0.4 is 15.9 Å². The van der Waals surface area contributed by atoms with Gasteiger partial charge >= 0.3 is 5.63 Å². The van der Waals surface area contributed by atoms with Crippen molar-refractivity contribution in [2.75, 3.05) is 7.11 Å². The molecule has 8 heteroatoms. The van der Waals surface area contributed by atoms with Crippen LogP contribution in [-0.4, -0.2) is 21.8 Å². The van der Waals surface area contributed by atoms with Crippen molar-refractivity contribution in [1.82, 2.24) is 9.55 Å². The van der Waals surface area contributed by atoms with Gasteiger partial charge in [-0.15, -0.1) is 0 Å². The number of aromatic hydroxyl groups is 1. The second-order valence-electron chi connectivity index (χ2n) is 7.32. The molecule has 0 saturated heterocycles. The Bertz CT molecular complexity index is 1610. The van der Waals surface area contributed by atoms with Gasteiger partial charge in [0.05, 0.1) is 19.2 Å².